The van der Waals surface area contributed by atoms with Crippen molar-refractivity contribution in [3.63, 3.8) is 0 Å². The second kappa shape index (κ2) is 5.16. The van der Waals surface area contributed by atoms with Gasteiger partial charge in [-0.15, -0.1) is 0 Å². The van der Waals surface area contributed by atoms with E-state index in [-0.39, 0.29) is 10.0 Å². The monoisotopic (exact) mass is 326 g/mol. The van der Waals surface area contributed by atoms with Crippen LogP contribution in [0.15, 0.2) is 22.7 Å². The number of nitrogens with two attached hydrogens (primary N) is 1. The molecule has 0 saturated carbocycles. The highest BCUT2D eigenvalue weighted by Gasteiger charge is 2.35. The van der Waals surface area contributed by atoms with Crippen LogP contribution in [0.4, 0.5) is 13.2 Å². The normalized spacial score (nSPS) is 14.7. The van der Waals surface area contributed by atoms with E-state index < -0.39 is 23.4 Å². The molecular formula is C11H14BrF3N2O. The summed E-state index contributed by atoms with van der Waals surface area (Å²) in [7, 11) is 0. The van der Waals surface area contributed by atoms with Gasteiger partial charge in [0, 0.05) is 4.47 Å². The molecule has 0 aliphatic rings. The summed E-state index contributed by atoms with van der Waals surface area (Å²) in [6.45, 7) is 2.93. The Labute approximate surface area is 111 Å². The van der Waals surface area contributed by atoms with Crippen LogP contribution in [0.5, 0.6) is 0 Å². The topological polar surface area (TPSA) is 58.3 Å². The van der Waals surface area contributed by atoms with E-state index in [9.17, 15) is 18.3 Å². The Morgan fingerprint density at radius 2 is 1.89 bits per heavy atom. The minimum Gasteiger partial charge on any atom is -0.388 e. The van der Waals surface area contributed by atoms with Gasteiger partial charge in [-0.05, 0) is 31.5 Å². The van der Waals surface area contributed by atoms with Gasteiger partial charge < -0.3 is 5.11 Å². The first-order chi connectivity index (χ1) is 8.07. The first kappa shape index (κ1) is 15.4. The molecule has 7 heteroatoms. The van der Waals surface area contributed by atoms with Gasteiger partial charge in [-0.3, -0.25) is 11.3 Å². The molecular weight excluding hydrogens is 313 g/mol. The van der Waals surface area contributed by atoms with Gasteiger partial charge in [0.25, 0.3) is 0 Å². The molecule has 18 heavy (non-hydrogen) atoms. The van der Waals surface area contributed by atoms with Crippen LogP contribution in [-0.4, -0.2) is 10.7 Å². The fourth-order valence-electron chi connectivity index (χ4n) is 1.65. The molecule has 1 unspecified atom stereocenters. The molecule has 0 bridgehead atoms. The van der Waals surface area contributed by atoms with Crippen molar-refractivity contribution < 1.29 is 18.3 Å². The maximum absolute atomic E-state index is 12.7. The number of alkyl halides is 3. The van der Waals surface area contributed by atoms with Crippen molar-refractivity contribution in [1.82, 2.24) is 5.43 Å². The maximum Gasteiger partial charge on any atom is 0.417 e. The molecule has 0 aromatic heterocycles. The third kappa shape index (κ3) is 3.44. The molecule has 1 aromatic rings. The van der Waals surface area contributed by atoms with Gasteiger partial charge in [-0.1, -0.05) is 22.0 Å². The number of hydrazine groups is 1. The zero-order valence-corrected chi connectivity index (χ0v) is 11.4. The van der Waals surface area contributed by atoms with Crippen molar-refractivity contribution >= 4 is 15.9 Å². The van der Waals surface area contributed by atoms with Crippen molar-refractivity contribution in [2.24, 2.45) is 5.84 Å². The van der Waals surface area contributed by atoms with Gasteiger partial charge in [0.05, 0.1) is 17.2 Å². The Balaban J connectivity index is 3.28. The van der Waals surface area contributed by atoms with Gasteiger partial charge in [-0.25, -0.2) is 0 Å². The van der Waals surface area contributed by atoms with E-state index in [1.807, 2.05) is 0 Å². The summed E-state index contributed by atoms with van der Waals surface area (Å²) in [4.78, 5) is 0. The number of nitrogens with one attached hydrogen (secondary N) is 1. The van der Waals surface area contributed by atoms with Crippen molar-refractivity contribution in [2.45, 2.75) is 31.7 Å². The van der Waals surface area contributed by atoms with Crippen LogP contribution in [0.2, 0.25) is 0 Å². The molecule has 0 radical (unpaired) electrons. The van der Waals surface area contributed by atoms with Crippen molar-refractivity contribution in [3.05, 3.63) is 33.8 Å². The molecule has 0 saturated heterocycles. The Bertz CT molecular complexity index is 429. The molecule has 0 aliphatic carbocycles. The van der Waals surface area contributed by atoms with E-state index >= 15 is 0 Å². The van der Waals surface area contributed by atoms with Crippen molar-refractivity contribution in [2.75, 3.05) is 0 Å². The highest BCUT2D eigenvalue weighted by atomic mass is 79.9. The largest absolute Gasteiger partial charge is 0.417 e. The second-order valence-corrected chi connectivity index (χ2v) is 5.34. The Morgan fingerprint density at radius 1 is 1.33 bits per heavy atom. The van der Waals surface area contributed by atoms with E-state index in [2.05, 4.69) is 21.4 Å². The van der Waals surface area contributed by atoms with Crippen LogP contribution in [0.1, 0.15) is 31.0 Å². The van der Waals surface area contributed by atoms with Crippen LogP contribution in [0, 0.1) is 0 Å². The van der Waals surface area contributed by atoms with Gasteiger partial charge in [0.15, 0.2) is 0 Å². The summed E-state index contributed by atoms with van der Waals surface area (Å²) in [5.41, 5.74) is 0.500. The molecule has 4 N–H and O–H groups in total. The average molecular weight is 327 g/mol. The van der Waals surface area contributed by atoms with E-state index in [1.54, 1.807) is 0 Å². The minimum atomic E-state index is -4.46. The lowest BCUT2D eigenvalue weighted by molar-refractivity contribution is -0.138. The average Bonchev–Trinajstić information content (AvgIpc) is 2.17. The van der Waals surface area contributed by atoms with Crippen LogP contribution < -0.4 is 11.3 Å². The van der Waals surface area contributed by atoms with Crippen LogP contribution in [0.25, 0.3) is 0 Å². The van der Waals surface area contributed by atoms with Crippen molar-refractivity contribution in [1.29, 1.82) is 0 Å². The highest BCUT2D eigenvalue weighted by molar-refractivity contribution is 9.10. The van der Waals surface area contributed by atoms with Gasteiger partial charge in [0.1, 0.15) is 0 Å². The number of hydrogen-bond acceptors (Lipinski definition) is 3. The molecule has 1 aromatic carbocycles. The minimum absolute atomic E-state index is 0.0507. The smallest absolute Gasteiger partial charge is 0.388 e. The molecule has 0 spiro atoms. The predicted octanol–water partition coefficient (Wildman–Crippen LogP) is 2.74. The quantitative estimate of drug-likeness (QED) is 0.591. The number of rotatable bonds is 3. The Kier molecular flexibility index (Phi) is 4.42. The van der Waals surface area contributed by atoms with Gasteiger partial charge in [0.2, 0.25) is 0 Å². The number of halogens is 4. The molecule has 102 valence electrons. The third-order valence-electron chi connectivity index (χ3n) is 2.50. The van der Waals surface area contributed by atoms with E-state index in [1.165, 1.54) is 26.0 Å². The summed E-state index contributed by atoms with van der Waals surface area (Å²) < 4.78 is 38.2. The fourth-order valence-corrected chi connectivity index (χ4v) is 2.12. The molecule has 1 rings (SSSR count). The van der Waals surface area contributed by atoms with E-state index in [0.29, 0.717) is 0 Å². The SMILES string of the molecule is CC(C)(O)C(NN)c1ccc(Br)c(C(F)(F)F)c1. The predicted molar refractivity (Wildman–Crippen MR) is 65.5 cm³/mol. The zero-order valence-electron chi connectivity index (χ0n) is 9.85. The van der Waals surface area contributed by atoms with Gasteiger partial charge >= 0.3 is 6.18 Å². The van der Waals surface area contributed by atoms with Crippen LogP contribution in [-0.2, 0) is 6.18 Å². The summed E-state index contributed by atoms with van der Waals surface area (Å²) in [6.07, 6.45) is -4.46. The first-order valence-corrected chi connectivity index (χ1v) is 5.92. The summed E-state index contributed by atoms with van der Waals surface area (Å²) in [5, 5.41) is 9.86. The lowest BCUT2D eigenvalue weighted by Gasteiger charge is -2.29. The van der Waals surface area contributed by atoms with Crippen molar-refractivity contribution in [3.8, 4) is 0 Å². The third-order valence-corrected chi connectivity index (χ3v) is 3.19. The first-order valence-electron chi connectivity index (χ1n) is 5.12. The van der Waals surface area contributed by atoms with Gasteiger partial charge in [-0.2, -0.15) is 13.2 Å². The molecule has 0 heterocycles. The summed E-state index contributed by atoms with van der Waals surface area (Å²) in [6, 6.07) is 2.93. The lowest BCUT2D eigenvalue weighted by Crippen LogP contribution is -2.42. The summed E-state index contributed by atoms with van der Waals surface area (Å²) in [5.74, 6) is 5.29. The Hall–Kier alpha value is -0.630. The number of aliphatic hydroxyl groups is 1. The standard InChI is InChI=1S/C11H14BrF3N2O/c1-10(2,18)9(17-16)6-3-4-8(12)7(5-6)11(13,14)15/h3-5,9,17-18H,16H2,1-2H3. The second-order valence-electron chi connectivity index (χ2n) is 4.49. The molecule has 0 amide bonds. The zero-order chi connectivity index (χ0) is 14.1. The van der Waals surface area contributed by atoms with E-state index in [0.717, 1.165) is 6.07 Å². The number of hydrogen-bond donors (Lipinski definition) is 3. The fraction of sp³-hybridized carbons (Fsp3) is 0.455. The van der Waals surface area contributed by atoms with Crippen LogP contribution >= 0.6 is 15.9 Å². The molecule has 0 fully saturated rings. The highest BCUT2D eigenvalue weighted by Crippen LogP contribution is 2.37. The molecule has 1 atom stereocenters. The lowest BCUT2D eigenvalue weighted by atomic mass is 9.91. The number of benzene rings is 1. The van der Waals surface area contributed by atoms with Crippen LogP contribution in [0.3, 0.4) is 0 Å². The molecule has 0 aliphatic heterocycles. The molecule has 3 nitrogen and oxygen atoms in total. The van der Waals surface area contributed by atoms with E-state index in [4.69, 9.17) is 5.84 Å². The summed E-state index contributed by atoms with van der Waals surface area (Å²) >= 11 is 2.85. The maximum atomic E-state index is 12.7. The Morgan fingerprint density at radius 3 is 2.28 bits per heavy atom.